The predicted molar refractivity (Wildman–Crippen MR) is 91.9 cm³/mol. The number of nitriles is 1. The normalized spacial score (nSPS) is 17.2. The maximum atomic E-state index is 13.1. The van der Waals surface area contributed by atoms with Crippen molar-refractivity contribution in [3.05, 3.63) is 52.5 Å². The molecule has 3 rings (SSSR count). The number of anilines is 1. The molecule has 1 saturated heterocycles. The van der Waals surface area contributed by atoms with Crippen molar-refractivity contribution in [3.8, 4) is 6.07 Å². The summed E-state index contributed by atoms with van der Waals surface area (Å²) in [5.74, 6) is -0.0118. The second-order valence-corrected chi connectivity index (χ2v) is 6.38. The SMILES string of the molecule is Cc1nnc(N2CCC[C@@H](C(=O)c3ccc(F)cc3)C2)c(C#N)c1C. The lowest BCUT2D eigenvalue weighted by Crippen LogP contribution is -2.40. The van der Waals surface area contributed by atoms with Crippen LogP contribution < -0.4 is 4.90 Å². The number of aromatic nitrogens is 2. The van der Waals surface area contributed by atoms with Crippen LogP contribution in [0, 0.1) is 36.9 Å². The van der Waals surface area contributed by atoms with Gasteiger partial charge in [0.05, 0.1) is 5.69 Å². The molecule has 2 aromatic rings. The first-order valence-electron chi connectivity index (χ1n) is 8.30. The number of halogens is 1. The molecule has 0 spiro atoms. The highest BCUT2D eigenvalue weighted by atomic mass is 19.1. The standard InChI is InChI=1S/C19H19FN4O/c1-12-13(2)22-23-19(17(12)10-21)24-9-3-4-15(11-24)18(25)14-5-7-16(20)8-6-14/h5-8,15H,3-4,9,11H2,1-2H3/t15-/m1/s1. The van der Waals surface area contributed by atoms with Gasteiger partial charge in [-0.1, -0.05) is 0 Å². The second-order valence-electron chi connectivity index (χ2n) is 6.38. The van der Waals surface area contributed by atoms with E-state index in [-0.39, 0.29) is 17.5 Å². The minimum absolute atomic E-state index is 0.000000420. The third-order valence-corrected chi connectivity index (χ3v) is 4.77. The molecule has 0 N–H and O–H groups in total. The Morgan fingerprint density at radius 2 is 2.00 bits per heavy atom. The Morgan fingerprint density at radius 3 is 2.68 bits per heavy atom. The van der Waals surface area contributed by atoms with E-state index in [1.165, 1.54) is 24.3 Å². The van der Waals surface area contributed by atoms with Gasteiger partial charge in [0.1, 0.15) is 17.4 Å². The average molecular weight is 338 g/mol. The van der Waals surface area contributed by atoms with Crippen molar-refractivity contribution in [1.82, 2.24) is 10.2 Å². The van der Waals surface area contributed by atoms with Crippen molar-refractivity contribution < 1.29 is 9.18 Å². The maximum absolute atomic E-state index is 13.1. The fourth-order valence-corrected chi connectivity index (χ4v) is 3.18. The predicted octanol–water partition coefficient (Wildman–Crippen LogP) is 3.20. The fourth-order valence-electron chi connectivity index (χ4n) is 3.18. The third-order valence-electron chi connectivity index (χ3n) is 4.77. The Kier molecular flexibility index (Phi) is 4.75. The molecule has 1 fully saturated rings. The fraction of sp³-hybridized carbons (Fsp3) is 0.368. The Morgan fingerprint density at radius 1 is 1.28 bits per heavy atom. The monoisotopic (exact) mass is 338 g/mol. The summed E-state index contributed by atoms with van der Waals surface area (Å²) < 4.78 is 13.1. The molecule has 128 valence electrons. The Bertz CT molecular complexity index is 842. The summed E-state index contributed by atoms with van der Waals surface area (Å²) in [7, 11) is 0. The second kappa shape index (κ2) is 6.98. The largest absolute Gasteiger partial charge is 0.353 e. The first-order chi connectivity index (χ1) is 12.0. The lowest BCUT2D eigenvalue weighted by molar-refractivity contribution is 0.0907. The average Bonchev–Trinajstić information content (AvgIpc) is 2.64. The van der Waals surface area contributed by atoms with Crippen LogP contribution >= 0.6 is 0 Å². The maximum Gasteiger partial charge on any atom is 0.169 e. The van der Waals surface area contributed by atoms with Crippen molar-refractivity contribution in [1.29, 1.82) is 5.26 Å². The number of benzene rings is 1. The van der Waals surface area contributed by atoms with E-state index in [9.17, 15) is 14.4 Å². The van der Waals surface area contributed by atoms with Gasteiger partial charge in [0.25, 0.3) is 0 Å². The first-order valence-corrected chi connectivity index (χ1v) is 8.30. The molecule has 6 heteroatoms. The van der Waals surface area contributed by atoms with E-state index >= 15 is 0 Å². The highest BCUT2D eigenvalue weighted by Crippen LogP contribution is 2.28. The summed E-state index contributed by atoms with van der Waals surface area (Å²) in [6, 6.07) is 7.86. The number of carbonyl (C=O) groups is 1. The van der Waals surface area contributed by atoms with Gasteiger partial charge in [-0.25, -0.2) is 4.39 Å². The number of nitrogens with zero attached hydrogens (tertiary/aromatic N) is 4. The summed E-state index contributed by atoms with van der Waals surface area (Å²) in [5.41, 5.74) is 2.58. The molecular formula is C19H19FN4O. The molecule has 1 aliphatic rings. The molecule has 1 aromatic carbocycles. The van der Waals surface area contributed by atoms with E-state index in [4.69, 9.17) is 0 Å². The summed E-state index contributed by atoms with van der Waals surface area (Å²) in [6.07, 6.45) is 1.60. The smallest absolute Gasteiger partial charge is 0.169 e. The topological polar surface area (TPSA) is 69.9 Å². The van der Waals surface area contributed by atoms with E-state index in [1.54, 1.807) is 0 Å². The van der Waals surface area contributed by atoms with Gasteiger partial charge in [0.15, 0.2) is 11.6 Å². The minimum atomic E-state index is -0.356. The van der Waals surface area contributed by atoms with Crippen LogP contribution in [0.1, 0.15) is 40.0 Å². The molecule has 25 heavy (non-hydrogen) atoms. The van der Waals surface area contributed by atoms with Crippen LogP contribution in [0.2, 0.25) is 0 Å². The van der Waals surface area contributed by atoms with E-state index < -0.39 is 0 Å². The number of carbonyl (C=O) groups excluding carboxylic acids is 1. The van der Waals surface area contributed by atoms with Crippen molar-refractivity contribution in [2.75, 3.05) is 18.0 Å². The number of hydrogen-bond acceptors (Lipinski definition) is 5. The highest BCUT2D eigenvalue weighted by Gasteiger charge is 2.29. The number of Topliss-reactive ketones (excluding diaryl/α,β-unsaturated/α-hetero) is 1. The number of rotatable bonds is 3. The summed E-state index contributed by atoms with van der Waals surface area (Å²) in [5, 5.41) is 17.8. The summed E-state index contributed by atoms with van der Waals surface area (Å²) in [4.78, 5) is 14.7. The molecule has 1 aromatic heterocycles. The van der Waals surface area contributed by atoms with Gasteiger partial charge in [-0.3, -0.25) is 4.79 Å². The number of aryl methyl sites for hydroxylation is 1. The van der Waals surface area contributed by atoms with Crippen molar-refractivity contribution in [3.63, 3.8) is 0 Å². The zero-order valence-electron chi connectivity index (χ0n) is 14.3. The molecule has 0 radical (unpaired) electrons. The molecular weight excluding hydrogens is 319 g/mol. The molecule has 0 unspecified atom stereocenters. The number of piperidine rings is 1. The van der Waals surface area contributed by atoms with Crippen LogP contribution in [0.3, 0.4) is 0 Å². The van der Waals surface area contributed by atoms with Crippen LogP contribution in [0.25, 0.3) is 0 Å². The zero-order valence-corrected chi connectivity index (χ0v) is 14.3. The van der Waals surface area contributed by atoms with Gasteiger partial charge >= 0.3 is 0 Å². The molecule has 0 amide bonds. The Balaban J connectivity index is 1.85. The van der Waals surface area contributed by atoms with E-state index in [1.807, 2.05) is 18.7 Å². The van der Waals surface area contributed by atoms with Gasteiger partial charge in [0.2, 0.25) is 0 Å². The zero-order chi connectivity index (χ0) is 18.0. The minimum Gasteiger partial charge on any atom is -0.353 e. The molecule has 0 aliphatic carbocycles. The summed E-state index contributed by atoms with van der Waals surface area (Å²) in [6.45, 7) is 4.91. The van der Waals surface area contributed by atoms with Gasteiger partial charge in [-0.2, -0.15) is 10.4 Å². The van der Waals surface area contributed by atoms with Crippen LogP contribution in [0.5, 0.6) is 0 Å². The molecule has 5 nitrogen and oxygen atoms in total. The Hall–Kier alpha value is -2.81. The number of hydrogen-bond donors (Lipinski definition) is 0. The molecule has 2 heterocycles. The van der Waals surface area contributed by atoms with Crippen molar-refractivity contribution in [2.45, 2.75) is 26.7 Å². The van der Waals surface area contributed by atoms with Crippen LogP contribution in [0.4, 0.5) is 10.2 Å². The summed E-state index contributed by atoms with van der Waals surface area (Å²) >= 11 is 0. The van der Waals surface area contributed by atoms with E-state index in [2.05, 4.69) is 16.3 Å². The van der Waals surface area contributed by atoms with Crippen molar-refractivity contribution in [2.24, 2.45) is 5.92 Å². The molecule has 1 aliphatic heterocycles. The van der Waals surface area contributed by atoms with Crippen molar-refractivity contribution >= 4 is 11.6 Å². The Labute approximate surface area is 146 Å². The van der Waals surface area contributed by atoms with Crippen LogP contribution in [-0.4, -0.2) is 29.1 Å². The van der Waals surface area contributed by atoms with E-state index in [0.717, 1.165) is 30.6 Å². The van der Waals surface area contributed by atoms with Crippen LogP contribution in [0.15, 0.2) is 24.3 Å². The lowest BCUT2D eigenvalue weighted by atomic mass is 9.89. The van der Waals surface area contributed by atoms with Crippen LogP contribution in [-0.2, 0) is 0 Å². The van der Waals surface area contributed by atoms with Gasteiger partial charge < -0.3 is 4.90 Å². The third kappa shape index (κ3) is 3.36. The molecule has 0 bridgehead atoms. The number of ketones is 1. The van der Waals surface area contributed by atoms with Gasteiger partial charge in [0, 0.05) is 24.6 Å². The molecule has 0 saturated carbocycles. The van der Waals surface area contributed by atoms with Gasteiger partial charge in [-0.15, -0.1) is 5.10 Å². The first kappa shape index (κ1) is 17.0. The lowest BCUT2D eigenvalue weighted by Gasteiger charge is -2.33. The van der Waals surface area contributed by atoms with Gasteiger partial charge in [-0.05, 0) is 56.5 Å². The van der Waals surface area contributed by atoms with E-state index in [0.29, 0.717) is 23.5 Å². The molecule has 1 atom stereocenters. The highest BCUT2D eigenvalue weighted by molar-refractivity contribution is 5.98. The quantitative estimate of drug-likeness (QED) is 0.804.